The zero-order valence-corrected chi connectivity index (χ0v) is 12.5. The third-order valence-corrected chi connectivity index (χ3v) is 4.48. The average molecular weight is 339 g/mol. The summed E-state index contributed by atoms with van der Waals surface area (Å²) >= 11 is 5.08. The summed E-state index contributed by atoms with van der Waals surface area (Å²) in [7, 11) is 0. The van der Waals surface area contributed by atoms with Crippen LogP contribution >= 0.6 is 27.7 Å². The van der Waals surface area contributed by atoms with E-state index in [1.807, 2.05) is 24.3 Å². The van der Waals surface area contributed by atoms with Crippen LogP contribution in [0, 0.1) is 6.92 Å². The van der Waals surface area contributed by atoms with Gasteiger partial charge < -0.3 is 5.11 Å². The Morgan fingerprint density at radius 1 is 1.42 bits per heavy atom. The molecule has 0 aliphatic carbocycles. The molecular formula is C13H11BrN2O2S. The smallest absolute Gasteiger partial charge is 0.339 e. The highest BCUT2D eigenvalue weighted by molar-refractivity contribution is 9.10. The Bertz CT molecular complexity index is 619. The number of halogens is 1. The lowest BCUT2D eigenvalue weighted by Crippen LogP contribution is -2.05. The number of hydrogen-bond donors (Lipinski definition) is 1. The lowest BCUT2D eigenvalue weighted by atomic mass is 10.2. The Balaban J connectivity index is 2.11. The summed E-state index contributed by atoms with van der Waals surface area (Å²) in [5.41, 5.74) is 0.639. The molecule has 6 heteroatoms. The minimum absolute atomic E-state index is 0.148. The first-order chi connectivity index (χ1) is 9.08. The van der Waals surface area contributed by atoms with E-state index >= 15 is 0 Å². The fourth-order valence-corrected chi connectivity index (χ4v) is 2.93. The normalized spacial score (nSPS) is 10.4. The van der Waals surface area contributed by atoms with Crippen LogP contribution in [0.3, 0.4) is 0 Å². The van der Waals surface area contributed by atoms with E-state index in [2.05, 4.69) is 25.9 Å². The van der Waals surface area contributed by atoms with Gasteiger partial charge in [-0.05, 0) is 35.0 Å². The molecule has 1 N–H and O–H groups in total. The van der Waals surface area contributed by atoms with Crippen molar-refractivity contribution in [3.05, 3.63) is 52.0 Å². The molecule has 0 spiro atoms. The van der Waals surface area contributed by atoms with E-state index in [0.29, 0.717) is 17.3 Å². The molecule has 0 amide bonds. The molecule has 0 radical (unpaired) electrons. The van der Waals surface area contributed by atoms with Gasteiger partial charge in [0, 0.05) is 15.6 Å². The van der Waals surface area contributed by atoms with Crippen LogP contribution in [0.15, 0.2) is 39.8 Å². The topological polar surface area (TPSA) is 63.1 Å². The van der Waals surface area contributed by atoms with Gasteiger partial charge >= 0.3 is 5.97 Å². The van der Waals surface area contributed by atoms with Gasteiger partial charge in [0.15, 0.2) is 0 Å². The molecule has 0 aliphatic heterocycles. The largest absolute Gasteiger partial charge is 0.478 e. The van der Waals surface area contributed by atoms with E-state index in [1.165, 1.54) is 6.20 Å². The first kappa shape index (κ1) is 14.0. The van der Waals surface area contributed by atoms with Gasteiger partial charge in [-0.25, -0.2) is 14.8 Å². The number of carbonyl (C=O) groups is 1. The van der Waals surface area contributed by atoms with Gasteiger partial charge in [-0.3, -0.25) is 0 Å². The number of aryl methyl sites for hydroxylation is 1. The number of carboxylic acid groups (broad SMARTS) is 1. The van der Waals surface area contributed by atoms with E-state index in [1.54, 1.807) is 18.7 Å². The van der Waals surface area contributed by atoms with E-state index in [-0.39, 0.29) is 5.56 Å². The lowest BCUT2D eigenvalue weighted by Gasteiger charge is -2.05. The summed E-state index contributed by atoms with van der Waals surface area (Å²) in [6.07, 6.45) is 1.36. The van der Waals surface area contributed by atoms with Gasteiger partial charge in [-0.15, -0.1) is 11.8 Å². The van der Waals surface area contributed by atoms with Crippen molar-refractivity contribution < 1.29 is 9.90 Å². The first-order valence-corrected chi connectivity index (χ1v) is 7.29. The standard InChI is InChI=1S/C13H11BrN2O2S/c1-8-9(13(17)18)6-15-12(16-8)7-19-11-5-3-2-4-10(11)14/h2-6H,7H2,1H3,(H,17,18). The summed E-state index contributed by atoms with van der Waals surface area (Å²) in [5.74, 6) is 0.231. The molecule has 0 saturated carbocycles. The number of rotatable bonds is 4. The van der Waals surface area contributed by atoms with E-state index in [9.17, 15) is 4.79 Å². The molecule has 0 saturated heterocycles. The molecule has 2 aromatic rings. The third-order valence-electron chi connectivity index (χ3n) is 2.45. The molecule has 0 unspecified atom stereocenters. The third kappa shape index (κ3) is 3.54. The zero-order valence-electron chi connectivity index (χ0n) is 10.1. The number of nitrogens with zero attached hydrogens (tertiary/aromatic N) is 2. The highest BCUT2D eigenvalue weighted by Crippen LogP contribution is 2.28. The van der Waals surface area contributed by atoms with Crippen LogP contribution in [0.5, 0.6) is 0 Å². The van der Waals surface area contributed by atoms with Crippen molar-refractivity contribution in [2.24, 2.45) is 0 Å². The van der Waals surface area contributed by atoms with E-state index in [4.69, 9.17) is 5.11 Å². The minimum Gasteiger partial charge on any atom is -0.478 e. The number of thioether (sulfide) groups is 1. The van der Waals surface area contributed by atoms with Gasteiger partial charge in [0.2, 0.25) is 0 Å². The molecule has 1 aromatic heterocycles. The summed E-state index contributed by atoms with van der Waals surface area (Å²) in [6.45, 7) is 1.68. The maximum atomic E-state index is 10.9. The second kappa shape index (κ2) is 6.16. The van der Waals surface area contributed by atoms with E-state index < -0.39 is 5.97 Å². The number of aromatic carboxylic acids is 1. The van der Waals surface area contributed by atoms with Crippen LogP contribution in [0.2, 0.25) is 0 Å². The number of aromatic nitrogens is 2. The van der Waals surface area contributed by atoms with Crippen molar-refractivity contribution >= 4 is 33.7 Å². The first-order valence-electron chi connectivity index (χ1n) is 5.51. The Morgan fingerprint density at radius 2 is 2.16 bits per heavy atom. The van der Waals surface area contributed by atoms with Crippen molar-refractivity contribution in [1.82, 2.24) is 9.97 Å². The van der Waals surface area contributed by atoms with Crippen molar-refractivity contribution in [3.63, 3.8) is 0 Å². The van der Waals surface area contributed by atoms with Crippen LogP contribution in [0.4, 0.5) is 0 Å². The van der Waals surface area contributed by atoms with E-state index in [0.717, 1.165) is 9.37 Å². The SMILES string of the molecule is Cc1nc(CSc2ccccc2Br)ncc1C(=O)O. The fourth-order valence-electron chi connectivity index (χ4n) is 1.50. The molecule has 0 fully saturated rings. The summed E-state index contributed by atoms with van der Waals surface area (Å²) in [5, 5.41) is 8.91. The Morgan fingerprint density at radius 3 is 2.79 bits per heavy atom. The molecule has 0 bridgehead atoms. The molecule has 19 heavy (non-hydrogen) atoms. The highest BCUT2D eigenvalue weighted by atomic mass is 79.9. The van der Waals surface area contributed by atoms with Crippen molar-refractivity contribution in [1.29, 1.82) is 0 Å². The minimum atomic E-state index is -0.998. The van der Waals surface area contributed by atoms with Crippen LogP contribution in [-0.2, 0) is 5.75 Å². The van der Waals surface area contributed by atoms with Crippen molar-refractivity contribution in [3.8, 4) is 0 Å². The average Bonchev–Trinajstić information content (AvgIpc) is 2.37. The Hall–Kier alpha value is -1.40. The molecular weight excluding hydrogens is 328 g/mol. The van der Waals surface area contributed by atoms with Crippen LogP contribution in [-0.4, -0.2) is 21.0 Å². The molecule has 1 heterocycles. The van der Waals surface area contributed by atoms with Crippen LogP contribution < -0.4 is 0 Å². The molecule has 1 aromatic carbocycles. The zero-order chi connectivity index (χ0) is 13.8. The highest BCUT2D eigenvalue weighted by Gasteiger charge is 2.10. The second-order valence-electron chi connectivity index (χ2n) is 3.81. The summed E-state index contributed by atoms with van der Waals surface area (Å²) in [6, 6.07) is 7.90. The number of carboxylic acids is 1. The molecule has 2 rings (SSSR count). The summed E-state index contributed by atoms with van der Waals surface area (Å²) < 4.78 is 1.03. The fraction of sp³-hybridized carbons (Fsp3) is 0.154. The molecule has 98 valence electrons. The van der Waals surface area contributed by atoms with Gasteiger partial charge in [0.05, 0.1) is 17.0 Å². The quantitative estimate of drug-likeness (QED) is 0.864. The Labute approximate surface area is 123 Å². The Kier molecular flexibility index (Phi) is 4.55. The van der Waals surface area contributed by atoms with Crippen molar-refractivity contribution in [2.75, 3.05) is 0 Å². The van der Waals surface area contributed by atoms with Gasteiger partial charge in [0.1, 0.15) is 5.82 Å². The predicted molar refractivity (Wildman–Crippen MR) is 77.4 cm³/mol. The van der Waals surface area contributed by atoms with Gasteiger partial charge in [0.25, 0.3) is 0 Å². The maximum absolute atomic E-state index is 10.9. The van der Waals surface area contributed by atoms with Gasteiger partial charge in [-0.2, -0.15) is 0 Å². The molecule has 0 aliphatic rings. The molecule has 0 atom stereocenters. The van der Waals surface area contributed by atoms with Gasteiger partial charge in [-0.1, -0.05) is 12.1 Å². The van der Waals surface area contributed by atoms with Crippen LogP contribution in [0.1, 0.15) is 21.9 Å². The van der Waals surface area contributed by atoms with Crippen molar-refractivity contribution in [2.45, 2.75) is 17.6 Å². The predicted octanol–water partition coefficient (Wildman–Crippen LogP) is 3.54. The van der Waals surface area contributed by atoms with Crippen LogP contribution in [0.25, 0.3) is 0 Å². The molecule has 4 nitrogen and oxygen atoms in total. The number of hydrogen-bond acceptors (Lipinski definition) is 4. The summed E-state index contributed by atoms with van der Waals surface area (Å²) in [4.78, 5) is 20.3. The maximum Gasteiger partial charge on any atom is 0.339 e. The lowest BCUT2D eigenvalue weighted by molar-refractivity contribution is 0.0695. The second-order valence-corrected chi connectivity index (χ2v) is 5.68. The monoisotopic (exact) mass is 338 g/mol. The number of benzene rings is 1.